The molecule has 1 amide bonds. The molecule has 0 bridgehead atoms. The van der Waals surface area contributed by atoms with Crippen molar-refractivity contribution in [2.45, 2.75) is 24.8 Å². The average Bonchev–Trinajstić information content (AvgIpc) is 3.42. The van der Waals surface area contributed by atoms with E-state index in [1.165, 1.54) is 5.56 Å². The fourth-order valence-corrected chi connectivity index (χ4v) is 5.48. The van der Waals surface area contributed by atoms with Crippen molar-refractivity contribution < 1.29 is 19.0 Å². The fourth-order valence-electron chi connectivity index (χ4n) is 5.48. The predicted molar refractivity (Wildman–Crippen MR) is 141 cm³/mol. The molecule has 0 saturated carbocycles. The molecule has 3 unspecified atom stereocenters. The van der Waals surface area contributed by atoms with Crippen LogP contribution in [-0.2, 0) is 6.42 Å². The van der Waals surface area contributed by atoms with E-state index in [1.807, 2.05) is 42.5 Å². The molecule has 2 N–H and O–H groups in total. The summed E-state index contributed by atoms with van der Waals surface area (Å²) in [6.07, 6.45) is 6.25. The van der Waals surface area contributed by atoms with E-state index in [2.05, 4.69) is 41.0 Å². The highest BCUT2D eigenvalue weighted by Crippen LogP contribution is 2.52. The van der Waals surface area contributed by atoms with E-state index in [1.54, 1.807) is 21.3 Å². The lowest BCUT2D eigenvalue weighted by Gasteiger charge is -2.38. The Labute approximate surface area is 212 Å². The van der Waals surface area contributed by atoms with Crippen LogP contribution in [-0.4, -0.2) is 33.8 Å². The number of para-hydroxylation sites is 1. The van der Waals surface area contributed by atoms with Crippen LogP contribution in [0.3, 0.4) is 0 Å². The summed E-state index contributed by atoms with van der Waals surface area (Å²) in [5.74, 6) is 2.28. The molecule has 2 aliphatic rings. The number of benzene rings is 3. The number of fused-ring (bicyclic) bond motifs is 3. The zero-order valence-electron chi connectivity index (χ0n) is 20.9. The van der Waals surface area contributed by atoms with E-state index in [-0.39, 0.29) is 17.9 Å². The Morgan fingerprint density at radius 3 is 2.42 bits per heavy atom. The number of anilines is 1. The summed E-state index contributed by atoms with van der Waals surface area (Å²) in [5, 5.41) is 6.84. The third-order valence-electron chi connectivity index (χ3n) is 7.23. The van der Waals surface area contributed by atoms with Crippen molar-refractivity contribution in [3.8, 4) is 17.2 Å². The molecule has 1 aliphatic heterocycles. The monoisotopic (exact) mass is 484 g/mol. The molecule has 1 heterocycles. The molecular formula is C30H32N2O4. The predicted octanol–water partition coefficient (Wildman–Crippen LogP) is 5.51. The zero-order valence-corrected chi connectivity index (χ0v) is 20.9. The highest BCUT2D eigenvalue weighted by Gasteiger charge is 2.40. The molecule has 0 saturated heterocycles. The van der Waals surface area contributed by atoms with Crippen molar-refractivity contribution in [3.05, 3.63) is 95.1 Å². The number of rotatable bonds is 8. The number of ether oxygens (including phenoxy) is 3. The van der Waals surface area contributed by atoms with Crippen LogP contribution < -0.4 is 24.8 Å². The van der Waals surface area contributed by atoms with Crippen LogP contribution in [0.5, 0.6) is 17.2 Å². The lowest BCUT2D eigenvalue weighted by Crippen LogP contribution is -2.32. The van der Waals surface area contributed by atoms with Crippen molar-refractivity contribution in [2.24, 2.45) is 5.92 Å². The van der Waals surface area contributed by atoms with Gasteiger partial charge in [0.05, 0.1) is 38.6 Å². The summed E-state index contributed by atoms with van der Waals surface area (Å²) in [6.45, 7) is 0.578. The molecule has 0 aromatic heterocycles. The number of carbonyl (C=O) groups excluding carboxylic acids is 1. The molecule has 0 fully saturated rings. The zero-order chi connectivity index (χ0) is 25.1. The van der Waals surface area contributed by atoms with Gasteiger partial charge in [0.2, 0.25) is 5.75 Å². The first-order chi connectivity index (χ1) is 17.6. The Bertz CT molecular complexity index is 1250. The Morgan fingerprint density at radius 2 is 1.72 bits per heavy atom. The normalized spacial score (nSPS) is 19.6. The third-order valence-corrected chi connectivity index (χ3v) is 7.23. The molecular weight excluding hydrogens is 452 g/mol. The summed E-state index contributed by atoms with van der Waals surface area (Å²) < 4.78 is 16.8. The minimum atomic E-state index is -0.0700. The molecule has 5 rings (SSSR count). The highest BCUT2D eigenvalue weighted by molar-refractivity contribution is 6.00. The summed E-state index contributed by atoms with van der Waals surface area (Å²) in [5.41, 5.74) is 4.95. The second-order valence-corrected chi connectivity index (χ2v) is 9.20. The molecule has 6 heteroatoms. The molecule has 3 aromatic rings. The van der Waals surface area contributed by atoms with Gasteiger partial charge in [-0.3, -0.25) is 4.79 Å². The van der Waals surface area contributed by atoms with E-state index < -0.39 is 0 Å². The largest absolute Gasteiger partial charge is 0.493 e. The number of allylic oxidation sites excluding steroid dienone is 2. The summed E-state index contributed by atoms with van der Waals surface area (Å²) in [4.78, 5) is 13.3. The third kappa shape index (κ3) is 4.39. The number of amides is 1. The van der Waals surface area contributed by atoms with Gasteiger partial charge in [-0.15, -0.1) is 0 Å². The molecule has 1 aliphatic carbocycles. The van der Waals surface area contributed by atoms with Crippen molar-refractivity contribution in [2.75, 3.05) is 33.2 Å². The van der Waals surface area contributed by atoms with Gasteiger partial charge in [0.15, 0.2) is 11.5 Å². The lowest BCUT2D eigenvalue weighted by atomic mass is 9.76. The van der Waals surface area contributed by atoms with Crippen LogP contribution in [0.15, 0.2) is 72.8 Å². The second-order valence-electron chi connectivity index (χ2n) is 9.20. The number of hydrogen-bond acceptors (Lipinski definition) is 5. The molecule has 0 radical (unpaired) electrons. The van der Waals surface area contributed by atoms with Gasteiger partial charge in [0.1, 0.15) is 0 Å². The SMILES string of the molecule is COc1cc(C2Nc3c(C(=O)NCCc4ccccc4)cccc3C3C=CCC32)cc(OC)c1OC. The van der Waals surface area contributed by atoms with Gasteiger partial charge >= 0.3 is 0 Å². The highest BCUT2D eigenvalue weighted by atomic mass is 16.5. The summed E-state index contributed by atoms with van der Waals surface area (Å²) in [7, 11) is 4.86. The van der Waals surface area contributed by atoms with Gasteiger partial charge in [0, 0.05) is 12.5 Å². The maximum Gasteiger partial charge on any atom is 0.253 e. The number of carbonyl (C=O) groups is 1. The first kappa shape index (κ1) is 23.8. The Balaban J connectivity index is 1.46. The van der Waals surface area contributed by atoms with Gasteiger partial charge in [-0.1, -0.05) is 54.6 Å². The summed E-state index contributed by atoms with van der Waals surface area (Å²) in [6, 6.07) is 20.2. The molecule has 36 heavy (non-hydrogen) atoms. The van der Waals surface area contributed by atoms with Crippen molar-refractivity contribution in [3.63, 3.8) is 0 Å². The van der Waals surface area contributed by atoms with E-state index in [4.69, 9.17) is 14.2 Å². The minimum Gasteiger partial charge on any atom is -0.493 e. The van der Waals surface area contributed by atoms with Crippen molar-refractivity contribution in [1.29, 1.82) is 0 Å². The van der Waals surface area contributed by atoms with Gasteiger partial charge in [-0.05, 0) is 53.6 Å². The Kier molecular flexibility index (Phi) is 6.85. The average molecular weight is 485 g/mol. The summed E-state index contributed by atoms with van der Waals surface area (Å²) >= 11 is 0. The Hall–Kier alpha value is -3.93. The smallest absolute Gasteiger partial charge is 0.253 e. The van der Waals surface area contributed by atoms with Crippen LogP contribution in [0, 0.1) is 5.92 Å². The molecule has 3 atom stereocenters. The van der Waals surface area contributed by atoms with Crippen LogP contribution >= 0.6 is 0 Å². The lowest BCUT2D eigenvalue weighted by molar-refractivity contribution is 0.0954. The number of nitrogens with one attached hydrogen (secondary N) is 2. The molecule has 0 spiro atoms. The minimum absolute atomic E-state index is 0.0236. The topological polar surface area (TPSA) is 68.8 Å². The van der Waals surface area contributed by atoms with Crippen molar-refractivity contribution >= 4 is 11.6 Å². The van der Waals surface area contributed by atoms with E-state index in [9.17, 15) is 4.79 Å². The maximum absolute atomic E-state index is 13.3. The van der Waals surface area contributed by atoms with Crippen LogP contribution in [0.2, 0.25) is 0 Å². The molecule has 186 valence electrons. The number of hydrogen-bond donors (Lipinski definition) is 2. The van der Waals surface area contributed by atoms with Gasteiger partial charge < -0.3 is 24.8 Å². The molecule has 3 aromatic carbocycles. The Morgan fingerprint density at radius 1 is 0.972 bits per heavy atom. The number of methoxy groups -OCH3 is 3. The van der Waals surface area contributed by atoms with E-state index in [0.717, 1.165) is 29.7 Å². The van der Waals surface area contributed by atoms with Crippen molar-refractivity contribution in [1.82, 2.24) is 5.32 Å². The van der Waals surface area contributed by atoms with Crippen LogP contribution in [0.1, 0.15) is 45.4 Å². The van der Waals surface area contributed by atoms with Crippen LogP contribution in [0.25, 0.3) is 0 Å². The second kappa shape index (κ2) is 10.4. The maximum atomic E-state index is 13.3. The molecule has 6 nitrogen and oxygen atoms in total. The standard InChI is InChI=1S/C30H32N2O4/c1-34-25-17-20(18-26(35-2)29(25)36-3)27-22-12-7-11-21(22)23-13-8-14-24(28(23)32-27)30(33)31-16-15-19-9-5-4-6-10-19/h4-11,13-14,17-18,21-22,27,32H,12,15-16H2,1-3H3,(H,31,33). The first-order valence-electron chi connectivity index (χ1n) is 12.3. The first-order valence-corrected chi connectivity index (χ1v) is 12.3. The van der Waals surface area contributed by atoms with Gasteiger partial charge in [0.25, 0.3) is 5.91 Å². The van der Waals surface area contributed by atoms with Gasteiger partial charge in [-0.25, -0.2) is 0 Å². The fraction of sp³-hybridized carbons (Fsp3) is 0.300. The van der Waals surface area contributed by atoms with Crippen LogP contribution in [0.4, 0.5) is 5.69 Å². The van der Waals surface area contributed by atoms with Gasteiger partial charge in [-0.2, -0.15) is 0 Å². The van der Waals surface area contributed by atoms with E-state index >= 15 is 0 Å². The quantitative estimate of drug-likeness (QED) is 0.413. The van der Waals surface area contributed by atoms with E-state index in [0.29, 0.717) is 35.3 Å².